The lowest BCUT2D eigenvalue weighted by Crippen LogP contribution is -2.25. The zero-order valence-corrected chi connectivity index (χ0v) is 14.3. The molecule has 0 unspecified atom stereocenters. The van der Waals surface area contributed by atoms with Gasteiger partial charge in [-0.05, 0) is 36.4 Å². The van der Waals surface area contributed by atoms with E-state index in [0.29, 0.717) is 17.1 Å². The van der Waals surface area contributed by atoms with E-state index in [1.165, 1.54) is 6.08 Å². The summed E-state index contributed by atoms with van der Waals surface area (Å²) in [6.07, 6.45) is 6.64. The van der Waals surface area contributed by atoms with Crippen molar-refractivity contribution in [1.82, 2.24) is 9.78 Å². The van der Waals surface area contributed by atoms with E-state index in [2.05, 4.69) is 15.7 Å². The van der Waals surface area contributed by atoms with Crippen LogP contribution in [0.25, 0.3) is 11.8 Å². The molecule has 2 N–H and O–H groups in total. The number of hydrogen-bond acceptors (Lipinski definition) is 4. The monoisotopic (exact) mass is 360 g/mol. The molecule has 0 spiro atoms. The van der Waals surface area contributed by atoms with Crippen LogP contribution >= 0.6 is 0 Å². The van der Waals surface area contributed by atoms with E-state index in [0.717, 1.165) is 11.3 Å². The fourth-order valence-corrected chi connectivity index (χ4v) is 2.66. The molecule has 4 rings (SSSR count). The molecule has 0 bridgehead atoms. The highest BCUT2D eigenvalue weighted by Gasteiger charge is 2.16. The van der Waals surface area contributed by atoms with Gasteiger partial charge in [0.05, 0.1) is 17.6 Å². The van der Waals surface area contributed by atoms with E-state index in [9.17, 15) is 9.59 Å². The Morgan fingerprint density at radius 1 is 1.22 bits per heavy atom. The molecule has 7 heteroatoms. The molecule has 1 aromatic heterocycles. The summed E-state index contributed by atoms with van der Waals surface area (Å²) >= 11 is 0. The van der Waals surface area contributed by atoms with Gasteiger partial charge in [-0.1, -0.05) is 18.2 Å². The van der Waals surface area contributed by atoms with Gasteiger partial charge in [0.15, 0.2) is 6.61 Å². The van der Waals surface area contributed by atoms with Gasteiger partial charge in [-0.3, -0.25) is 9.59 Å². The molecule has 2 amide bonds. The van der Waals surface area contributed by atoms with Crippen molar-refractivity contribution in [2.45, 2.75) is 0 Å². The Morgan fingerprint density at radius 3 is 2.93 bits per heavy atom. The number of aromatic nitrogens is 2. The fourth-order valence-electron chi connectivity index (χ4n) is 2.66. The number of carbonyl (C=O) groups is 2. The van der Waals surface area contributed by atoms with Gasteiger partial charge in [0.25, 0.3) is 5.91 Å². The number of amides is 2. The molecule has 2 aromatic carbocycles. The first-order valence-electron chi connectivity index (χ1n) is 8.33. The first-order valence-corrected chi connectivity index (χ1v) is 8.33. The van der Waals surface area contributed by atoms with Crippen LogP contribution in [0.4, 0.5) is 11.4 Å². The van der Waals surface area contributed by atoms with Gasteiger partial charge in [0.2, 0.25) is 5.91 Å². The molecule has 27 heavy (non-hydrogen) atoms. The van der Waals surface area contributed by atoms with E-state index in [4.69, 9.17) is 4.74 Å². The lowest BCUT2D eigenvalue weighted by Gasteiger charge is -2.18. The van der Waals surface area contributed by atoms with Crippen LogP contribution in [0.2, 0.25) is 0 Å². The minimum absolute atomic E-state index is 0.00188. The third-order valence-electron chi connectivity index (χ3n) is 3.93. The first-order chi connectivity index (χ1) is 13.2. The van der Waals surface area contributed by atoms with Crippen molar-refractivity contribution in [3.05, 3.63) is 72.6 Å². The van der Waals surface area contributed by atoms with Crippen molar-refractivity contribution in [2.75, 3.05) is 17.2 Å². The van der Waals surface area contributed by atoms with E-state index in [-0.39, 0.29) is 18.4 Å². The average molecular weight is 360 g/mol. The predicted molar refractivity (Wildman–Crippen MR) is 102 cm³/mol. The van der Waals surface area contributed by atoms with Crippen molar-refractivity contribution in [2.24, 2.45) is 0 Å². The number of para-hydroxylation sites is 1. The Kier molecular flexibility index (Phi) is 4.40. The van der Waals surface area contributed by atoms with Gasteiger partial charge in [-0.25, -0.2) is 4.68 Å². The summed E-state index contributed by atoms with van der Waals surface area (Å²) < 4.78 is 7.03. The Balaban J connectivity index is 1.42. The zero-order valence-electron chi connectivity index (χ0n) is 14.3. The first kappa shape index (κ1) is 16.6. The molecule has 0 radical (unpaired) electrons. The molecule has 0 saturated heterocycles. The maximum atomic E-state index is 12.2. The number of benzene rings is 2. The summed E-state index contributed by atoms with van der Waals surface area (Å²) in [6, 6.07) is 14.8. The van der Waals surface area contributed by atoms with Gasteiger partial charge in [0, 0.05) is 23.5 Å². The standard InChI is InChI=1S/C20H16N4O3/c25-19(22-15-7-8-18-17(10-15)23-20(26)13-27-18)9-6-14-11-21-24(12-14)16-4-2-1-3-5-16/h1-12H,13H2,(H,22,25)(H,23,26)/b9-6+. The summed E-state index contributed by atoms with van der Waals surface area (Å²) in [5, 5.41) is 9.74. The van der Waals surface area contributed by atoms with Gasteiger partial charge in [-0.2, -0.15) is 5.10 Å². The molecule has 0 atom stereocenters. The van der Waals surface area contributed by atoms with Crippen molar-refractivity contribution >= 4 is 29.3 Å². The number of anilines is 2. The van der Waals surface area contributed by atoms with Crippen molar-refractivity contribution in [3.8, 4) is 11.4 Å². The fraction of sp³-hybridized carbons (Fsp3) is 0.0500. The number of rotatable bonds is 4. The van der Waals surface area contributed by atoms with E-state index in [1.54, 1.807) is 35.2 Å². The second-order valence-corrected chi connectivity index (χ2v) is 5.92. The van der Waals surface area contributed by atoms with Crippen LogP contribution in [0, 0.1) is 0 Å². The Bertz CT molecular complexity index is 1020. The molecule has 2 heterocycles. The normalized spacial score (nSPS) is 13.0. The molecular weight excluding hydrogens is 344 g/mol. The average Bonchev–Trinajstić information content (AvgIpc) is 3.16. The second kappa shape index (κ2) is 7.17. The van der Waals surface area contributed by atoms with Crippen molar-refractivity contribution in [3.63, 3.8) is 0 Å². The molecule has 0 aliphatic carbocycles. The number of ether oxygens (including phenoxy) is 1. The summed E-state index contributed by atoms with van der Waals surface area (Å²) in [5.74, 6) is 0.0724. The SMILES string of the molecule is O=C(/C=C/c1cnn(-c2ccccc2)c1)Nc1ccc2c(c1)NC(=O)CO2. The maximum Gasteiger partial charge on any atom is 0.262 e. The highest BCUT2D eigenvalue weighted by molar-refractivity contribution is 6.03. The molecular formula is C20H16N4O3. The Labute approximate surface area is 155 Å². The molecule has 1 aliphatic rings. The van der Waals surface area contributed by atoms with E-state index < -0.39 is 0 Å². The van der Waals surface area contributed by atoms with Gasteiger partial charge >= 0.3 is 0 Å². The van der Waals surface area contributed by atoms with Crippen LogP contribution in [0.3, 0.4) is 0 Å². The summed E-state index contributed by atoms with van der Waals surface area (Å²) in [4.78, 5) is 23.5. The number of fused-ring (bicyclic) bond motifs is 1. The third-order valence-corrected chi connectivity index (χ3v) is 3.93. The summed E-state index contributed by atoms with van der Waals surface area (Å²) in [6.45, 7) is -0.00188. The largest absolute Gasteiger partial charge is 0.482 e. The Hall–Kier alpha value is -3.87. The highest BCUT2D eigenvalue weighted by Crippen LogP contribution is 2.30. The number of carbonyl (C=O) groups excluding carboxylic acids is 2. The van der Waals surface area contributed by atoms with Crippen LogP contribution < -0.4 is 15.4 Å². The van der Waals surface area contributed by atoms with Gasteiger partial charge in [-0.15, -0.1) is 0 Å². The molecule has 1 aliphatic heterocycles. The zero-order chi connectivity index (χ0) is 18.6. The summed E-state index contributed by atoms with van der Waals surface area (Å²) in [5.41, 5.74) is 2.85. The third kappa shape index (κ3) is 3.87. The van der Waals surface area contributed by atoms with Crippen LogP contribution in [0.15, 0.2) is 67.0 Å². The number of nitrogens with zero attached hydrogens (tertiary/aromatic N) is 2. The maximum absolute atomic E-state index is 12.2. The Morgan fingerprint density at radius 2 is 2.07 bits per heavy atom. The quantitative estimate of drug-likeness (QED) is 0.701. The summed E-state index contributed by atoms with van der Waals surface area (Å²) in [7, 11) is 0. The van der Waals surface area contributed by atoms with Crippen LogP contribution in [0.5, 0.6) is 5.75 Å². The van der Waals surface area contributed by atoms with Gasteiger partial charge < -0.3 is 15.4 Å². The van der Waals surface area contributed by atoms with Crippen molar-refractivity contribution < 1.29 is 14.3 Å². The lowest BCUT2D eigenvalue weighted by molar-refractivity contribution is -0.118. The molecule has 7 nitrogen and oxygen atoms in total. The molecule has 134 valence electrons. The molecule has 0 fully saturated rings. The van der Waals surface area contributed by atoms with Crippen LogP contribution in [-0.4, -0.2) is 28.2 Å². The highest BCUT2D eigenvalue weighted by atomic mass is 16.5. The number of nitrogens with one attached hydrogen (secondary N) is 2. The van der Waals surface area contributed by atoms with Crippen LogP contribution in [-0.2, 0) is 9.59 Å². The smallest absolute Gasteiger partial charge is 0.262 e. The molecule has 3 aromatic rings. The number of hydrogen-bond donors (Lipinski definition) is 2. The minimum atomic E-state index is -0.287. The van der Waals surface area contributed by atoms with E-state index in [1.807, 2.05) is 36.5 Å². The van der Waals surface area contributed by atoms with Crippen LogP contribution in [0.1, 0.15) is 5.56 Å². The minimum Gasteiger partial charge on any atom is -0.482 e. The molecule has 0 saturated carbocycles. The lowest BCUT2D eigenvalue weighted by atomic mass is 10.2. The predicted octanol–water partition coefficient (Wildman–Crippen LogP) is 2.86. The second-order valence-electron chi connectivity index (χ2n) is 5.92. The van der Waals surface area contributed by atoms with Gasteiger partial charge in [0.1, 0.15) is 5.75 Å². The topological polar surface area (TPSA) is 85.3 Å². The van der Waals surface area contributed by atoms with E-state index >= 15 is 0 Å². The van der Waals surface area contributed by atoms with Crippen molar-refractivity contribution in [1.29, 1.82) is 0 Å².